The minimum Gasteiger partial charge on any atom is -0.492 e. The molecule has 5 rings (SSSR count). The number of halogens is 1. The van der Waals surface area contributed by atoms with Gasteiger partial charge in [0, 0.05) is 31.4 Å². The minimum atomic E-state index is -0.410. The molecule has 1 saturated carbocycles. The first kappa shape index (κ1) is 25.1. The average molecular weight is 510 g/mol. The third kappa shape index (κ3) is 4.90. The van der Waals surface area contributed by atoms with Crippen LogP contribution in [-0.2, 0) is 9.53 Å². The lowest BCUT2D eigenvalue weighted by molar-refractivity contribution is -0.135. The first-order valence-corrected chi connectivity index (χ1v) is 12.6. The summed E-state index contributed by atoms with van der Waals surface area (Å²) in [6, 6.07) is 3.25. The molecule has 3 aromatic rings. The largest absolute Gasteiger partial charge is 0.492 e. The quantitative estimate of drug-likeness (QED) is 0.481. The number of fused-ring (bicyclic) bond motifs is 1. The van der Waals surface area contributed by atoms with Crippen LogP contribution in [0.4, 0.5) is 4.39 Å². The van der Waals surface area contributed by atoms with Gasteiger partial charge in [0.15, 0.2) is 0 Å². The van der Waals surface area contributed by atoms with Crippen molar-refractivity contribution < 1.29 is 23.5 Å². The number of nitrogens with zero attached hydrogens (tertiary/aromatic N) is 3. The second kappa shape index (κ2) is 10.1. The second-order valence-electron chi connectivity index (χ2n) is 10.1. The predicted molar refractivity (Wildman–Crippen MR) is 136 cm³/mol. The molecule has 2 aliphatic rings. The minimum absolute atomic E-state index is 0.00807. The molecule has 2 atom stereocenters. The summed E-state index contributed by atoms with van der Waals surface area (Å²) in [7, 11) is 1.48. The van der Waals surface area contributed by atoms with E-state index in [1.54, 1.807) is 30.9 Å². The maximum Gasteiger partial charge on any atom is 0.255 e. The fourth-order valence-corrected chi connectivity index (χ4v) is 5.03. The van der Waals surface area contributed by atoms with Crippen LogP contribution in [0.15, 0.2) is 18.5 Å². The number of likely N-dealkylation sites (tertiary alicyclic amines) is 1. The fourth-order valence-electron chi connectivity index (χ4n) is 5.03. The van der Waals surface area contributed by atoms with Gasteiger partial charge in [-0.2, -0.15) is 0 Å². The summed E-state index contributed by atoms with van der Waals surface area (Å²) in [5.41, 5.74) is 2.95. The highest BCUT2D eigenvalue weighted by Gasteiger charge is 2.34. The molecule has 0 spiro atoms. The van der Waals surface area contributed by atoms with Crippen LogP contribution in [0.3, 0.4) is 0 Å². The number of rotatable bonds is 8. The lowest BCUT2D eigenvalue weighted by Crippen LogP contribution is -2.40. The SMILES string of the molecule is COCC(=O)N1C[C@@H](NC(=O)c2c(C)[nH]c3c(-c4c(OCC5CC5)ccc(C)c4F)ncnc23)C[C@@H]1C. The zero-order valence-electron chi connectivity index (χ0n) is 21.6. The number of aromatic nitrogens is 3. The Morgan fingerprint density at radius 1 is 1.24 bits per heavy atom. The highest BCUT2D eigenvalue weighted by atomic mass is 19.1. The number of aryl methyl sites for hydroxylation is 2. The van der Waals surface area contributed by atoms with E-state index < -0.39 is 5.82 Å². The Labute approximate surface area is 214 Å². The summed E-state index contributed by atoms with van der Waals surface area (Å²) in [6.45, 7) is 6.38. The normalized spacial score (nSPS) is 19.4. The Morgan fingerprint density at radius 2 is 2.03 bits per heavy atom. The van der Waals surface area contributed by atoms with Crippen LogP contribution in [0.2, 0.25) is 0 Å². The maximum atomic E-state index is 15.5. The van der Waals surface area contributed by atoms with Crippen LogP contribution in [-0.4, -0.2) is 70.6 Å². The molecule has 0 bridgehead atoms. The van der Waals surface area contributed by atoms with E-state index in [4.69, 9.17) is 9.47 Å². The second-order valence-corrected chi connectivity index (χ2v) is 10.1. The van der Waals surface area contributed by atoms with E-state index in [2.05, 4.69) is 20.3 Å². The molecule has 0 unspecified atom stereocenters. The van der Waals surface area contributed by atoms with Crippen LogP contribution in [0, 0.1) is 25.6 Å². The molecule has 1 aliphatic heterocycles. The number of ether oxygens (including phenoxy) is 2. The van der Waals surface area contributed by atoms with Gasteiger partial charge in [-0.05, 0) is 57.6 Å². The van der Waals surface area contributed by atoms with Crippen molar-refractivity contribution in [3.63, 3.8) is 0 Å². The number of hydrogen-bond acceptors (Lipinski definition) is 6. The molecule has 2 aromatic heterocycles. The number of carbonyl (C=O) groups excluding carboxylic acids is 2. The van der Waals surface area contributed by atoms with Gasteiger partial charge in [-0.25, -0.2) is 14.4 Å². The van der Waals surface area contributed by atoms with Gasteiger partial charge in [-0.1, -0.05) is 6.07 Å². The topological polar surface area (TPSA) is 109 Å². The van der Waals surface area contributed by atoms with Crippen LogP contribution in [0.25, 0.3) is 22.3 Å². The molecule has 10 heteroatoms. The summed E-state index contributed by atoms with van der Waals surface area (Å²) >= 11 is 0. The Bertz CT molecular complexity index is 1350. The highest BCUT2D eigenvalue weighted by Crippen LogP contribution is 2.39. The molecule has 2 fully saturated rings. The smallest absolute Gasteiger partial charge is 0.255 e. The predicted octanol–water partition coefficient (Wildman–Crippen LogP) is 3.54. The number of hydrogen-bond donors (Lipinski definition) is 2. The molecular formula is C27H32FN5O4. The van der Waals surface area contributed by atoms with Gasteiger partial charge in [-0.15, -0.1) is 0 Å². The summed E-state index contributed by atoms with van der Waals surface area (Å²) in [4.78, 5) is 39.4. The van der Waals surface area contributed by atoms with E-state index in [0.717, 1.165) is 12.8 Å². The van der Waals surface area contributed by atoms with E-state index in [1.807, 2.05) is 6.92 Å². The standard InChI is InChI=1S/C27H32FN5O4/c1-14-5-8-19(37-11-17-6-7-17)22(23(14)28)25-26-24(29-13-30-25)21(16(3)31-26)27(35)32-18-9-15(2)33(10-18)20(34)12-36-4/h5,8,13,15,17-18,31H,6-7,9-12H2,1-4H3,(H,32,35)/t15-,18-/m0/s1. The van der Waals surface area contributed by atoms with Gasteiger partial charge in [0.05, 0.1) is 23.3 Å². The van der Waals surface area contributed by atoms with E-state index in [-0.39, 0.29) is 36.1 Å². The van der Waals surface area contributed by atoms with Crippen LogP contribution < -0.4 is 10.1 Å². The van der Waals surface area contributed by atoms with Crippen LogP contribution in [0.5, 0.6) is 5.75 Å². The number of methoxy groups -OCH3 is 1. The van der Waals surface area contributed by atoms with E-state index in [1.165, 1.54) is 13.4 Å². The van der Waals surface area contributed by atoms with Crippen molar-refractivity contribution >= 4 is 22.8 Å². The summed E-state index contributed by atoms with van der Waals surface area (Å²) < 4.78 is 26.4. The molecule has 1 saturated heterocycles. The first-order chi connectivity index (χ1) is 17.8. The van der Waals surface area contributed by atoms with Crippen molar-refractivity contribution in [2.45, 2.75) is 52.1 Å². The molecule has 2 amide bonds. The van der Waals surface area contributed by atoms with E-state index in [0.29, 0.717) is 64.8 Å². The summed E-state index contributed by atoms with van der Waals surface area (Å²) in [5, 5.41) is 3.05. The van der Waals surface area contributed by atoms with Crippen LogP contribution in [0.1, 0.15) is 47.8 Å². The van der Waals surface area contributed by atoms with Crippen molar-refractivity contribution in [2.24, 2.45) is 5.92 Å². The summed E-state index contributed by atoms with van der Waals surface area (Å²) in [5.74, 6) is 0.111. The lowest BCUT2D eigenvalue weighted by Gasteiger charge is -2.20. The number of nitrogens with one attached hydrogen (secondary N) is 2. The van der Waals surface area contributed by atoms with Crippen molar-refractivity contribution in [3.8, 4) is 17.0 Å². The van der Waals surface area contributed by atoms with Crippen molar-refractivity contribution in [1.29, 1.82) is 0 Å². The van der Waals surface area contributed by atoms with Gasteiger partial charge in [0.25, 0.3) is 5.91 Å². The summed E-state index contributed by atoms with van der Waals surface area (Å²) in [6.07, 6.45) is 4.22. The number of H-pyrrole nitrogens is 1. The van der Waals surface area contributed by atoms with Gasteiger partial charge < -0.3 is 24.7 Å². The van der Waals surface area contributed by atoms with E-state index in [9.17, 15) is 9.59 Å². The van der Waals surface area contributed by atoms with Gasteiger partial charge in [-0.3, -0.25) is 9.59 Å². The maximum absolute atomic E-state index is 15.5. The van der Waals surface area contributed by atoms with Gasteiger partial charge in [0.1, 0.15) is 35.7 Å². The molecule has 37 heavy (non-hydrogen) atoms. The third-order valence-corrected chi connectivity index (χ3v) is 7.20. The zero-order valence-corrected chi connectivity index (χ0v) is 21.6. The number of amides is 2. The van der Waals surface area contributed by atoms with Crippen LogP contribution >= 0.6 is 0 Å². The Morgan fingerprint density at radius 3 is 2.76 bits per heavy atom. The van der Waals surface area contributed by atoms with Gasteiger partial charge in [0.2, 0.25) is 5.91 Å². The number of benzene rings is 1. The van der Waals surface area contributed by atoms with Crippen molar-refractivity contribution in [3.05, 3.63) is 41.1 Å². The Hall–Kier alpha value is -3.53. The average Bonchev–Trinajstić information content (AvgIpc) is 3.52. The van der Waals surface area contributed by atoms with Crippen molar-refractivity contribution in [2.75, 3.05) is 26.9 Å². The highest BCUT2D eigenvalue weighted by molar-refractivity contribution is 6.09. The molecule has 2 N–H and O–H groups in total. The Balaban J connectivity index is 1.46. The molecular weight excluding hydrogens is 477 g/mol. The molecule has 196 valence electrons. The van der Waals surface area contributed by atoms with Crippen molar-refractivity contribution in [1.82, 2.24) is 25.2 Å². The first-order valence-electron chi connectivity index (χ1n) is 12.6. The van der Waals surface area contributed by atoms with Gasteiger partial charge >= 0.3 is 0 Å². The van der Waals surface area contributed by atoms with E-state index >= 15 is 4.39 Å². The zero-order chi connectivity index (χ0) is 26.3. The Kier molecular flexibility index (Phi) is 6.85. The molecule has 1 aliphatic carbocycles. The molecule has 9 nitrogen and oxygen atoms in total. The lowest BCUT2D eigenvalue weighted by atomic mass is 10.0. The third-order valence-electron chi connectivity index (χ3n) is 7.20. The molecule has 1 aromatic carbocycles. The molecule has 0 radical (unpaired) electrons. The molecule has 3 heterocycles. The monoisotopic (exact) mass is 509 g/mol. The number of carbonyl (C=O) groups is 2. The fraction of sp³-hybridized carbons (Fsp3) is 0.481. The number of aromatic amines is 1.